The van der Waals surface area contributed by atoms with Crippen molar-refractivity contribution in [2.45, 2.75) is 26.2 Å². The van der Waals surface area contributed by atoms with Crippen LogP contribution in [-0.2, 0) is 0 Å². The van der Waals surface area contributed by atoms with Gasteiger partial charge in [0.15, 0.2) is 0 Å². The van der Waals surface area contributed by atoms with Crippen LogP contribution in [0, 0.1) is 0 Å². The van der Waals surface area contributed by atoms with E-state index in [9.17, 15) is 0 Å². The quantitative estimate of drug-likeness (QED) is 0.586. The predicted molar refractivity (Wildman–Crippen MR) is 80.8 cm³/mol. The highest BCUT2D eigenvalue weighted by molar-refractivity contribution is 5.72. The van der Waals surface area contributed by atoms with Crippen molar-refractivity contribution in [3.63, 3.8) is 0 Å². The van der Waals surface area contributed by atoms with E-state index in [1.165, 1.54) is 32.5 Å². The minimum atomic E-state index is 0.641. The number of nitrogens with zero attached hydrogens (tertiary/aromatic N) is 1. The van der Waals surface area contributed by atoms with E-state index < -0.39 is 0 Å². The maximum absolute atomic E-state index is 6.08. The molecule has 0 spiro atoms. The van der Waals surface area contributed by atoms with Gasteiger partial charge in [-0.1, -0.05) is 6.07 Å². The smallest absolute Gasteiger partial charge is 0.144 e. The van der Waals surface area contributed by atoms with Gasteiger partial charge in [0.1, 0.15) is 5.75 Å². The summed E-state index contributed by atoms with van der Waals surface area (Å²) in [4.78, 5) is 2.53. The highest BCUT2D eigenvalue weighted by Gasteiger charge is 2.10. The Kier molecular flexibility index (Phi) is 5.33. The van der Waals surface area contributed by atoms with Gasteiger partial charge in [-0.2, -0.15) is 0 Å². The summed E-state index contributed by atoms with van der Waals surface area (Å²) in [6, 6.07) is 5.89. The minimum absolute atomic E-state index is 0.641. The molecule has 0 amide bonds. The summed E-state index contributed by atoms with van der Waals surface area (Å²) in [7, 11) is 0. The number of ether oxygens (including phenoxy) is 1. The number of nitrogens with one attached hydrogen (secondary N) is 1. The third kappa shape index (κ3) is 4.03. The third-order valence-electron chi connectivity index (χ3n) is 3.53. The Morgan fingerprint density at radius 3 is 2.84 bits per heavy atom. The molecule has 2 rings (SSSR count). The zero-order valence-electron chi connectivity index (χ0n) is 11.8. The second kappa shape index (κ2) is 7.24. The molecule has 1 aliphatic rings. The zero-order chi connectivity index (χ0) is 13.5. The van der Waals surface area contributed by atoms with E-state index in [4.69, 9.17) is 10.5 Å². The maximum atomic E-state index is 6.08. The van der Waals surface area contributed by atoms with Crippen molar-refractivity contribution in [1.29, 1.82) is 0 Å². The summed E-state index contributed by atoms with van der Waals surface area (Å²) in [6.07, 6.45) is 3.87. The summed E-state index contributed by atoms with van der Waals surface area (Å²) < 4.78 is 5.49. The number of hydrogen-bond acceptors (Lipinski definition) is 4. The average Bonchev–Trinajstić information content (AvgIpc) is 2.92. The van der Waals surface area contributed by atoms with Crippen molar-refractivity contribution in [2.24, 2.45) is 0 Å². The van der Waals surface area contributed by atoms with Gasteiger partial charge in [-0.3, -0.25) is 0 Å². The van der Waals surface area contributed by atoms with Gasteiger partial charge in [0.2, 0.25) is 0 Å². The van der Waals surface area contributed by atoms with Crippen LogP contribution in [0.3, 0.4) is 0 Å². The molecule has 0 atom stereocenters. The van der Waals surface area contributed by atoms with Crippen molar-refractivity contribution in [3.05, 3.63) is 18.2 Å². The van der Waals surface area contributed by atoms with Crippen LogP contribution in [-0.4, -0.2) is 37.7 Å². The van der Waals surface area contributed by atoms with Gasteiger partial charge >= 0.3 is 0 Å². The molecule has 0 unspecified atom stereocenters. The molecule has 1 aromatic carbocycles. The van der Waals surface area contributed by atoms with Crippen LogP contribution in [0.4, 0.5) is 11.4 Å². The fourth-order valence-electron chi connectivity index (χ4n) is 2.51. The molecule has 0 bridgehead atoms. The lowest BCUT2D eigenvalue weighted by Gasteiger charge is -2.16. The summed E-state index contributed by atoms with van der Waals surface area (Å²) in [5.74, 6) is 0.770. The van der Waals surface area contributed by atoms with Gasteiger partial charge in [-0.15, -0.1) is 0 Å². The lowest BCUT2D eigenvalue weighted by Crippen LogP contribution is -2.22. The fraction of sp³-hybridized carbons (Fsp3) is 0.600. The van der Waals surface area contributed by atoms with E-state index in [0.717, 1.165) is 24.4 Å². The maximum Gasteiger partial charge on any atom is 0.144 e. The standard InChI is InChI=1S/C15H25N3O/c1-2-19-14-8-5-7-13(15(14)16)17-9-6-12-18-10-3-4-11-18/h5,7-8,17H,2-4,6,9-12,16H2,1H3. The number of benzene rings is 1. The first-order valence-corrected chi connectivity index (χ1v) is 7.28. The number of hydrogen-bond donors (Lipinski definition) is 2. The number of anilines is 2. The average molecular weight is 263 g/mol. The first-order valence-electron chi connectivity index (χ1n) is 7.28. The van der Waals surface area contributed by atoms with E-state index in [2.05, 4.69) is 10.2 Å². The highest BCUT2D eigenvalue weighted by atomic mass is 16.5. The van der Waals surface area contributed by atoms with Crippen LogP contribution in [0.5, 0.6) is 5.75 Å². The van der Waals surface area contributed by atoms with Gasteiger partial charge in [0.05, 0.1) is 18.0 Å². The van der Waals surface area contributed by atoms with Gasteiger partial charge in [-0.05, 0) is 58.0 Å². The van der Waals surface area contributed by atoms with Gasteiger partial charge in [0.25, 0.3) is 0 Å². The summed E-state index contributed by atoms with van der Waals surface area (Å²) in [6.45, 7) is 7.27. The summed E-state index contributed by atoms with van der Waals surface area (Å²) in [5.41, 5.74) is 7.77. The van der Waals surface area contributed by atoms with Gasteiger partial charge in [-0.25, -0.2) is 0 Å². The molecular weight excluding hydrogens is 238 g/mol. The van der Waals surface area contributed by atoms with Crippen molar-refractivity contribution in [3.8, 4) is 5.75 Å². The monoisotopic (exact) mass is 263 g/mol. The van der Waals surface area contributed by atoms with Crippen LogP contribution in [0.2, 0.25) is 0 Å². The number of para-hydroxylation sites is 1. The van der Waals surface area contributed by atoms with E-state index in [1.54, 1.807) is 0 Å². The number of nitrogens with two attached hydrogens (primary N) is 1. The molecule has 106 valence electrons. The van der Waals surface area contributed by atoms with Crippen LogP contribution in [0.15, 0.2) is 18.2 Å². The molecule has 1 saturated heterocycles. The first-order chi connectivity index (χ1) is 9.31. The van der Waals surface area contributed by atoms with Gasteiger partial charge in [0, 0.05) is 6.54 Å². The third-order valence-corrected chi connectivity index (χ3v) is 3.53. The van der Waals surface area contributed by atoms with Crippen molar-refractivity contribution in [1.82, 2.24) is 4.90 Å². The molecule has 3 N–H and O–H groups in total. The van der Waals surface area contributed by atoms with Gasteiger partial charge < -0.3 is 20.7 Å². The molecule has 4 heteroatoms. The lowest BCUT2D eigenvalue weighted by atomic mass is 10.2. The molecule has 4 nitrogen and oxygen atoms in total. The Morgan fingerprint density at radius 2 is 2.11 bits per heavy atom. The SMILES string of the molecule is CCOc1cccc(NCCCN2CCCC2)c1N. The van der Waals surface area contributed by atoms with E-state index in [1.807, 2.05) is 25.1 Å². The molecule has 1 aliphatic heterocycles. The fourth-order valence-corrected chi connectivity index (χ4v) is 2.51. The molecule has 0 radical (unpaired) electrons. The van der Waals surface area contributed by atoms with Crippen LogP contribution < -0.4 is 15.8 Å². The van der Waals surface area contributed by atoms with Crippen LogP contribution >= 0.6 is 0 Å². The Labute approximate surface area is 115 Å². The molecule has 1 fully saturated rings. The number of rotatable bonds is 7. The number of nitrogen functional groups attached to an aromatic ring is 1. The first kappa shape index (κ1) is 14.0. The molecule has 0 aliphatic carbocycles. The molecule has 0 saturated carbocycles. The van der Waals surface area contributed by atoms with E-state index in [-0.39, 0.29) is 0 Å². The highest BCUT2D eigenvalue weighted by Crippen LogP contribution is 2.29. The second-order valence-electron chi connectivity index (χ2n) is 4.98. The minimum Gasteiger partial charge on any atom is -0.492 e. The van der Waals surface area contributed by atoms with E-state index in [0.29, 0.717) is 12.3 Å². The van der Waals surface area contributed by atoms with Crippen LogP contribution in [0.25, 0.3) is 0 Å². The van der Waals surface area contributed by atoms with Crippen molar-refractivity contribution in [2.75, 3.05) is 43.8 Å². The lowest BCUT2D eigenvalue weighted by molar-refractivity contribution is 0.337. The van der Waals surface area contributed by atoms with Crippen molar-refractivity contribution >= 4 is 11.4 Å². The topological polar surface area (TPSA) is 50.5 Å². The molecule has 1 heterocycles. The Hall–Kier alpha value is -1.42. The largest absolute Gasteiger partial charge is 0.492 e. The molecular formula is C15H25N3O. The summed E-state index contributed by atoms with van der Waals surface area (Å²) in [5, 5.41) is 3.40. The Bertz CT molecular complexity index is 389. The Morgan fingerprint density at radius 1 is 1.32 bits per heavy atom. The molecule has 1 aromatic rings. The second-order valence-corrected chi connectivity index (χ2v) is 4.98. The predicted octanol–water partition coefficient (Wildman–Crippen LogP) is 2.57. The van der Waals surface area contributed by atoms with Crippen molar-refractivity contribution < 1.29 is 4.74 Å². The number of likely N-dealkylation sites (tertiary alicyclic amines) is 1. The molecule has 19 heavy (non-hydrogen) atoms. The zero-order valence-corrected chi connectivity index (χ0v) is 11.8. The van der Waals surface area contributed by atoms with Crippen LogP contribution in [0.1, 0.15) is 26.2 Å². The Balaban J connectivity index is 1.77. The summed E-state index contributed by atoms with van der Waals surface area (Å²) >= 11 is 0. The molecule has 0 aromatic heterocycles. The normalized spacial score (nSPS) is 15.6. The van der Waals surface area contributed by atoms with E-state index >= 15 is 0 Å².